The molecule has 0 rings (SSSR count). The summed E-state index contributed by atoms with van der Waals surface area (Å²) in [5.41, 5.74) is 0.280. The second-order valence-corrected chi connectivity index (χ2v) is 6.08. The molecule has 0 aliphatic rings. The van der Waals surface area contributed by atoms with E-state index in [2.05, 4.69) is 20.9 Å². The summed E-state index contributed by atoms with van der Waals surface area (Å²) >= 11 is 0. The van der Waals surface area contributed by atoms with Crippen LogP contribution in [0.5, 0.6) is 0 Å². The van der Waals surface area contributed by atoms with Gasteiger partial charge in [-0.3, -0.25) is 4.57 Å². The number of carbonyl (C=O) groups excluding carboxylic acids is 2. The van der Waals surface area contributed by atoms with E-state index >= 15 is 0 Å². The highest BCUT2D eigenvalue weighted by atomic mass is 31.2. The predicted molar refractivity (Wildman–Crippen MR) is 71.6 cm³/mol. The van der Waals surface area contributed by atoms with Gasteiger partial charge in [0.25, 0.3) is 0 Å². The van der Waals surface area contributed by atoms with Gasteiger partial charge in [0.2, 0.25) is 0 Å². The molecule has 0 aliphatic heterocycles. The lowest BCUT2D eigenvalue weighted by Crippen LogP contribution is -2.29. The Bertz CT molecular complexity index is 388. The van der Waals surface area contributed by atoms with E-state index in [0.29, 0.717) is 0 Å². The fourth-order valence-electron chi connectivity index (χ4n) is 0.978. The summed E-state index contributed by atoms with van der Waals surface area (Å²) in [4.78, 5) is 22.2. The van der Waals surface area contributed by atoms with E-state index < -0.39 is 19.7 Å². The van der Waals surface area contributed by atoms with Crippen molar-refractivity contribution < 1.29 is 32.7 Å². The molecule has 0 aromatic carbocycles. The van der Waals surface area contributed by atoms with Crippen LogP contribution >= 0.6 is 7.60 Å². The average molecular weight is 309 g/mol. The zero-order chi connectivity index (χ0) is 15.6. The van der Waals surface area contributed by atoms with E-state index in [9.17, 15) is 14.2 Å². The first-order chi connectivity index (χ1) is 9.34. The fraction of sp³-hybridized carbons (Fsp3) is 0.636. The Hall–Kier alpha value is -1.37. The summed E-state index contributed by atoms with van der Waals surface area (Å²) in [6.45, 7) is 4.93. The van der Waals surface area contributed by atoms with Crippen LogP contribution in [-0.2, 0) is 27.9 Å². The molecule has 9 heteroatoms. The molecule has 0 radical (unpaired) electrons. The Balaban J connectivity index is 3.73. The third-order valence-corrected chi connectivity index (χ3v) is 3.95. The maximum Gasteiger partial charge on any atom is 0.407 e. The molecule has 0 aliphatic carbocycles. The Morgan fingerprint density at radius 3 is 2.25 bits per heavy atom. The summed E-state index contributed by atoms with van der Waals surface area (Å²) in [5, 5.41) is 2.36. The van der Waals surface area contributed by atoms with Gasteiger partial charge in [-0.1, -0.05) is 6.58 Å². The average Bonchev–Trinajstić information content (AvgIpc) is 2.42. The van der Waals surface area contributed by atoms with Gasteiger partial charge >= 0.3 is 19.7 Å². The molecule has 8 nitrogen and oxygen atoms in total. The van der Waals surface area contributed by atoms with E-state index in [0.717, 1.165) is 0 Å². The molecule has 0 bridgehead atoms. The van der Waals surface area contributed by atoms with Crippen LogP contribution in [0.3, 0.4) is 0 Å². The number of esters is 1. The summed E-state index contributed by atoms with van der Waals surface area (Å²) in [7, 11) is -0.677. The molecule has 0 unspecified atom stereocenters. The summed E-state index contributed by atoms with van der Waals surface area (Å²) in [6.07, 6.45) is -0.756. The number of ether oxygens (including phenoxy) is 2. The van der Waals surface area contributed by atoms with Gasteiger partial charge in [0.1, 0.15) is 13.2 Å². The highest BCUT2D eigenvalue weighted by Crippen LogP contribution is 2.45. The molecule has 0 heterocycles. The first-order valence-electron chi connectivity index (χ1n) is 5.78. The molecular weight excluding hydrogens is 289 g/mol. The maximum atomic E-state index is 11.6. The predicted octanol–water partition coefficient (Wildman–Crippen LogP) is 1.32. The van der Waals surface area contributed by atoms with E-state index in [-0.39, 0.29) is 31.5 Å². The van der Waals surface area contributed by atoms with Crippen molar-refractivity contribution in [2.45, 2.75) is 6.92 Å². The molecule has 1 amide bonds. The highest BCUT2D eigenvalue weighted by Gasteiger charge is 2.21. The minimum atomic E-state index is -3.18. The number of amides is 1. The van der Waals surface area contributed by atoms with Crippen LogP contribution in [0.1, 0.15) is 6.92 Å². The van der Waals surface area contributed by atoms with Crippen LogP contribution in [0.2, 0.25) is 0 Å². The molecule has 0 saturated heterocycles. The summed E-state index contributed by atoms with van der Waals surface area (Å²) in [6, 6.07) is 0. The van der Waals surface area contributed by atoms with Gasteiger partial charge in [-0.25, -0.2) is 9.59 Å². The van der Waals surface area contributed by atoms with Gasteiger partial charge in [0, 0.05) is 19.8 Å². The van der Waals surface area contributed by atoms with Crippen molar-refractivity contribution in [1.29, 1.82) is 0 Å². The number of alkyl carbamates (subject to hydrolysis) is 1. The lowest BCUT2D eigenvalue weighted by Gasteiger charge is -2.13. The van der Waals surface area contributed by atoms with Crippen molar-refractivity contribution >= 4 is 19.7 Å². The summed E-state index contributed by atoms with van der Waals surface area (Å²) in [5.74, 6) is -0.527. The quantitative estimate of drug-likeness (QED) is 0.297. The number of hydrogen-bond acceptors (Lipinski definition) is 7. The van der Waals surface area contributed by atoms with E-state index in [4.69, 9.17) is 9.47 Å². The molecule has 0 atom stereocenters. The highest BCUT2D eigenvalue weighted by molar-refractivity contribution is 7.53. The van der Waals surface area contributed by atoms with Gasteiger partial charge in [-0.15, -0.1) is 0 Å². The molecule has 0 aromatic heterocycles. The zero-order valence-electron chi connectivity index (χ0n) is 11.8. The lowest BCUT2D eigenvalue weighted by molar-refractivity contribution is -0.138. The lowest BCUT2D eigenvalue weighted by atomic mass is 10.4. The molecule has 1 N–H and O–H groups in total. The zero-order valence-corrected chi connectivity index (χ0v) is 12.7. The monoisotopic (exact) mass is 309 g/mol. The first kappa shape index (κ1) is 18.6. The van der Waals surface area contributed by atoms with E-state index in [1.807, 2.05) is 0 Å². The molecule has 0 aromatic rings. The van der Waals surface area contributed by atoms with Gasteiger partial charge in [0.05, 0.1) is 12.7 Å². The van der Waals surface area contributed by atoms with Crippen molar-refractivity contribution in [2.75, 3.05) is 40.1 Å². The van der Waals surface area contributed by atoms with Gasteiger partial charge in [0.15, 0.2) is 0 Å². The fourth-order valence-corrected chi connectivity index (χ4v) is 1.81. The summed E-state index contributed by atoms with van der Waals surface area (Å²) < 4.78 is 30.5. The van der Waals surface area contributed by atoms with Crippen LogP contribution in [0.4, 0.5) is 4.79 Å². The first-order valence-corrected chi connectivity index (χ1v) is 7.51. The van der Waals surface area contributed by atoms with Gasteiger partial charge < -0.3 is 23.8 Å². The van der Waals surface area contributed by atoms with Crippen molar-refractivity contribution in [3.8, 4) is 0 Å². The second-order valence-electron chi connectivity index (χ2n) is 3.68. The van der Waals surface area contributed by atoms with Gasteiger partial charge in [-0.05, 0) is 6.92 Å². The molecule has 0 spiro atoms. The number of carbonyl (C=O) groups is 2. The Morgan fingerprint density at radius 1 is 1.15 bits per heavy atom. The van der Waals surface area contributed by atoms with Gasteiger partial charge in [-0.2, -0.15) is 0 Å². The molecule has 0 saturated carbocycles. The number of nitrogens with one attached hydrogen (secondary N) is 1. The van der Waals surface area contributed by atoms with Crippen molar-refractivity contribution in [1.82, 2.24) is 5.32 Å². The van der Waals surface area contributed by atoms with Crippen molar-refractivity contribution in [3.05, 3.63) is 12.2 Å². The molecular formula is C11H20NO7P. The van der Waals surface area contributed by atoms with Crippen molar-refractivity contribution in [2.24, 2.45) is 0 Å². The minimum absolute atomic E-state index is 0.00935. The van der Waals surface area contributed by atoms with Crippen molar-refractivity contribution in [3.63, 3.8) is 0 Å². The van der Waals surface area contributed by atoms with Crippen LogP contribution in [0.15, 0.2) is 12.2 Å². The smallest absolute Gasteiger partial charge is 0.407 e. The Morgan fingerprint density at radius 2 is 1.75 bits per heavy atom. The van der Waals surface area contributed by atoms with E-state index in [1.54, 1.807) is 0 Å². The molecule has 20 heavy (non-hydrogen) atoms. The Kier molecular flexibility index (Phi) is 8.87. The normalized spacial score (nSPS) is 10.8. The SMILES string of the molecule is C=C(C)C(=O)OCCNC(=O)OCCP(=O)(OC)OC. The van der Waals surface area contributed by atoms with E-state index in [1.165, 1.54) is 21.1 Å². The van der Waals surface area contributed by atoms with Crippen LogP contribution in [0.25, 0.3) is 0 Å². The van der Waals surface area contributed by atoms with Crippen LogP contribution in [-0.4, -0.2) is 52.2 Å². The molecule has 0 fully saturated rings. The number of rotatable bonds is 9. The topological polar surface area (TPSA) is 100 Å². The number of hydrogen-bond donors (Lipinski definition) is 1. The third kappa shape index (κ3) is 7.93. The Labute approximate surface area is 117 Å². The second kappa shape index (κ2) is 9.52. The minimum Gasteiger partial charge on any atom is -0.460 e. The van der Waals surface area contributed by atoms with Crippen LogP contribution < -0.4 is 5.32 Å². The maximum absolute atomic E-state index is 11.6. The molecule has 116 valence electrons. The standard InChI is InChI=1S/C11H20NO7P/c1-9(2)10(13)18-6-5-12-11(14)19-7-8-20(15,16-3)17-4/h1,5-8H2,2-4H3,(H,12,14). The third-order valence-electron chi connectivity index (χ3n) is 2.11. The van der Waals surface area contributed by atoms with Crippen LogP contribution in [0, 0.1) is 0 Å². The largest absolute Gasteiger partial charge is 0.460 e.